The van der Waals surface area contributed by atoms with Gasteiger partial charge in [-0.2, -0.15) is 0 Å². The van der Waals surface area contributed by atoms with Crippen LogP contribution in [0.15, 0.2) is 0 Å². The molecule has 21 heavy (non-hydrogen) atoms. The van der Waals surface area contributed by atoms with Crippen molar-refractivity contribution in [1.82, 2.24) is 10.2 Å². The third kappa shape index (κ3) is 5.90. The van der Waals surface area contributed by atoms with E-state index in [9.17, 15) is 0 Å². The van der Waals surface area contributed by atoms with Gasteiger partial charge in [-0.15, -0.1) is 0 Å². The Hall–Kier alpha value is -0.0800. The molecule has 1 fully saturated rings. The molecule has 0 aromatic heterocycles. The Balaban J connectivity index is 2.84. The largest absolute Gasteiger partial charge is 0.319 e. The Bertz CT molecular complexity index is 269. The first-order valence-electron chi connectivity index (χ1n) is 9.35. The van der Waals surface area contributed by atoms with Gasteiger partial charge >= 0.3 is 0 Å². The molecule has 1 aliphatic carbocycles. The molecule has 1 aliphatic rings. The zero-order chi connectivity index (χ0) is 15.9. The van der Waals surface area contributed by atoms with E-state index in [1.54, 1.807) is 0 Å². The molecule has 2 heteroatoms. The van der Waals surface area contributed by atoms with Gasteiger partial charge in [0.15, 0.2) is 0 Å². The minimum Gasteiger partial charge on any atom is -0.319 e. The second-order valence-electron chi connectivity index (χ2n) is 8.03. The molecule has 0 spiro atoms. The molecule has 0 aromatic carbocycles. The van der Waals surface area contributed by atoms with Crippen LogP contribution in [-0.4, -0.2) is 37.6 Å². The second-order valence-corrected chi connectivity index (χ2v) is 8.03. The monoisotopic (exact) mass is 296 g/mol. The number of hydrogen-bond acceptors (Lipinski definition) is 2. The lowest BCUT2D eigenvalue weighted by Gasteiger charge is -2.46. The highest BCUT2D eigenvalue weighted by molar-refractivity contribution is 4.91. The molecule has 0 amide bonds. The Morgan fingerprint density at radius 3 is 2.38 bits per heavy atom. The summed E-state index contributed by atoms with van der Waals surface area (Å²) in [5.74, 6) is 1.66. The van der Waals surface area contributed by atoms with Crippen LogP contribution in [-0.2, 0) is 0 Å². The van der Waals surface area contributed by atoms with E-state index in [1.807, 2.05) is 0 Å². The SMILES string of the molecule is CCC(CC)N(CC(C)C)CC1(CNC)CCCC(C)C1. The molecule has 2 atom stereocenters. The number of nitrogens with zero attached hydrogens (tertiary/aromatic N) is 1. The quantitative estimate of drug-likeness (QED) is 0.671. The third-order valence-corrected chi connectivity index (χ3v) is 5.33. The van der Waals surface area contributed by atoms with Crippen LogP contribution < -0.4 is 5.32 Å². The van der Waals surface area contributed by atoms with Gasteiger partial charge in [-0.25, -0.2) is 0 Å². The van der Waals surface area contributed by atoms with Crippen LogP contribution >= 0.6 is 0 Å². The summed E-state index contributed by atoms with van der Waals surface area (Å²) in [6.45, 7) is 15.6. The van der Waals surface area contributed by atoms with Gasteiger partial charge in [-0.1, -0.05) is 47.5 Å². The minimum absolute atomic E-state index is 0.504. The fourth-order valence-corrected chi connectivity index (χ4v) is 4.55. The van der Waals surface area contributed by atoms with Crippen LogP contribution in [0.5, 0.6) is 0 Å². The highest BCUT2D eigenvalue weighted by atomic mass is 15.2. The number of rotatable bonds is 9. The molecular formula is C19H40N2. The third-order valence-electron chi connectivity index (χ3n) is 5.33. The molecule has 0 bridgehead atoms. The standard InChI is InChI=1S/C19H40N2/c1-7-18(8-2)21(13-16(3)4)15-19(14-20-6)11-9-10-17(5)12-19/h16-18,20H,7-15H2,1-6H3. The fraction of sp³-hybridized carbons (Fsp3) is 1.00. The van der Waals surface area contributed by atoms with Gasteiger partial charge in [0.05, 0.1) is 0 Å². The normalized spacial score (nSPS) is 27.0. The van der Waals surface area contributed by atoms with Crippen LogP contribution in [0.3, 0.4) is 0 Å². The van der Waals surface area contributed by atoms with Crippen molar-refractivity contribution >= 4 is 0 Å². The molecule has 126 valence electrons. The molecule has 2 unspecified atom stereocenters. The molecule has 2 nitrogen and oxygen atoms in total. The first-order valence-corrected chi connectivity index (χ1v) is 9.35. The van der Waals surface area contributed by atoms with E-state index in [2.05, 4.69) is 51.9 Å². The Morgan fingerprint density at radius 2 is 1.90 bits per heavy atom. The first kappa shape index (κ1) is 19.0. The molecule has 0 saturated heterocycles. The summed E-state index contributed by atoms with van der Waals surface area (Å²) in [7, 11) is 2.13. The molecule has 1 rings (SSSR count). The van der Waals surface area contributed by atoms with Gasteiger partial charge in [0.1, 0.15) is 0 Å². The Kier molecular flexibility index (Phi) is 8.26. The summed E-state index contributed by atoms with van der Waals surface area (Å²) in [5.41, 5.74) is 0.504. The van der Waals surface area contributed by atoms with Crippen LogP contribution in [0.1, 0.15) is 73.1 Å². The van der Waals surface area contributed by atoms with Crippen LogP contribution in [0.2, 0.25) is 0 Å². The Labute approximate surface area is 134 Å². The topological polar surface area (TPSA) is 15.3 Å². The van der Waals surface area contributed by atoms with Crippen molar-refractivity contribution in [3.63, 3.8) is 0 Å². The average Bonchev–Trinajstić information content (AvgIpc) is 2.39. The summed E-state index contributed by atoms with van der Waals surface area (Å²) >= 11 is 0. The van der Waals surface area contributed by atoms with Gasteiger partial charge in [0.2, 0.25) is 0 Å². The van der Waals surface area contributed by atoms with Crippen LogP contribution in [0.4, 0.5) is 0 Å². The van der Waals surface area contributed by atoms with Crippen molar-refractivity contribution in [1.29, 1.82) is 0 Å². The maximum absolute atomic E-state index is 3.51. The van der Waals surface area contributed by atoms with Crippen molar-refractivity contribution in [3.05, 3.63) is 0 Å². The van der Waals surface area contributed by atoms with E-state index in [4.69, 9.17) is 0 Å². The first-order chi connectivity index (χ1) is 9.96. The van der Waals surface area contributed by atoms with E-state index in [0.29, 0.717) is 5.41 Å². The lowest BCUT2D eigenvalue weighted by molar-refractivity contribution is 0.0493. The average molecular weight is 297 g/mol. The summed E-state index contributed by atoms with van der Waals surface area (Å²) in [6.07, 6.45) is 8.24. The maximum atomic E-state index is 3.51. The summed E-state index contributed by atoms with van der Waals surface area (Å²) in [4.78, 5) is 2.82. The molecule has 1 saturated carbocycles. The van der Waals surface area contributed by atoms with E-state index in [0.717, 1.165) is 17.9 Å². The molecule has 0 radical (unpaired) electrons. The predicted octanol–water partition coefficient (Wildman–Crippen LogP) is 4.55. The van der Waals surface area contributed by atoms with E-state index < -0.39 is 0 Å². The van der Waals surface area contributed by atoms with E-state index in [-0.39, 0.29) is 0 Å². The van der Waals surface area contributed by atoms with E-state index in [1.165, 1.54) is 58.2 Å². The second kappa shape index (κ2) is 9.15. The van der Waals surface area contributed by atoms with Gasteiger partial charge in [0, 0.05) is 25.7 Å². The van der Waals surface area contributed by atoms with Crippen LogP contribution in [0.25, 0.3) is 0 Å². The molecule has 0 aliphatic heterocycles. The zero-order valence-electron chi connectivity index (χ0n) is 15.5. The molecule has 0 aromatic rings. The summed E-state index contributed by atoms with van der Waals surface area (Å²) in [6, 6.07) is 0.762. The number of hydrogen-bond donors (Lipinski definition) is 1. The fourth-order valence-electron chi connectivity index (χ4n) is 4.55. The zero-order valence-corrected chi connectivity index (χ0v) is 15.5. The molecule has 1 N–H and O–H groups in total. The summed E-state index contributed by atoms with van der Waals surface area (Å²) < 4.78 is 0. The van der Waals surface area contributed by atoms with Gasteiger partial charge in [-0.05, 0) is 50.0 Å². The van der Waals surface area contributed by atoms with Crippen molar-refractivity contribution in [2.75, 3.05) is 26.7 Å². The highest BCUT2D eigenvalue weighted by Gasteiger charge is 2.37. The molecule has 0 heterocycles. The smallest absolute Gasteiger partial charge is 0.00903 e. The molecular weight excluding hydrogens is 256 g/mol. The van der Waals surface area contributed by atoms with Crippen molar-refractivity contribution in [2.24, 2.45) is 17.3 Å². The van der Waals surface area contributed by atoms with Crippen molar-refractivity contribution < 1.29 is 0 Å². The van der Waals surface area contributed by atoms with Crippen molar-refractivity contribution in [3.8, 4) is 0 Å². The van der Waals surface area contributed by atoms with Crippen molar-refractivity contribution in [2.45, 2.75) is 79.2 Å². The van der Waals surface area contributed by atoms with Crippen LogP contribution in [0, 0.1) is 17.3 Å². The van der Waals surface area contributed by atoms with Gasteiger partial charge in [0.25, 0.3) is 0 Å². The lowest BCUT2D eigenvalue weighted by atomic mass is 9.69. The lowest BCUT2D eigenvalue weighted by Crippen LogP contribution is -2.50. The van der Waals surface area contributed by atoms with E-state index >= 15 is 0 Å². The maximum Gasteiger partial charge on any atom is 0.00903 e. The Morgan fingerprint density at radius 1 is 1.24 bits per heavy atom. The van der Waals surface area contributed by atoms with Gasteiger partial charge in [-0.3, -0.25) is 4.90 Å². The van der Waals surface area contributed by atoms with Gasteiger partial charge < -0.3 is 5.32 Å². The minimum atomic E-state index is 0.504. The highest BCUT2D eigenvalue weighted by Crippen LogP contribution is 2.40. The summed E-state index contributed by atoms with van der Waals surface area (Å²) in [5, 5.41) is 3.51. The number of nitrogens with one attached hydrogen (secondary N) is 1. The predicted molar refractivity (Wildman–Crippen MR) is 94.8 cm³/mol.